The quantitative estimate of drug-likeness (QED) is 0.348. The van der Waals surface area contributed by atoms with Crippen molar-refractivity contribution in [1.82, 2.24) is 5.59 Å². The highest BCUT2D eigenvalue weighted by molar-refractivity contribution is 6.09. The van der Waals surface area contributed by atoms with Gasteiger partial charge in [-0.15, -0.1) is 0 Å². The van der Waals surface area contributed by atoms with Crippen LogP contribution in [0.5, 0.6) is 5.75 Å². The number of carbonyl (C=O) groups excluding carboxylic acids is 2. The number of hydrogen-bond donors (Lipinski definition) is 3. The fourth-order valence-corrected chi connectivity index (χ4v) is 1.32. The molecule has 1 aliphatic rings. The van der Waals surface area contributed by atoms with Crippen LogP contribution in [0.15, 0.2) is 24.3 Å². The van der Waals surface area contributed by atoms with Crippen molar-refractivity contribution in [3.63, 3.8) is 0 Å². The van der Waals surface area contributed by atoms with Gasteiger partial charge in [0.05, 0.1) is 5.69 Å². The summed E-state index contributed by atoms with van der Waals surface area (Å²) in [7, 11) is 0. The first-order valence-corrected chi connectivity index (χ1v) is 4.45. The second-order valence-corrected chi connectivity index (χ2v) is 3.02. The van der Waals surface area contributed by atoms with Gasteiger partial charge in [0.1, 0.15) is 5.75 Å². The van der Waals surface area contributed by atoms with Crippen molar-refractivity contribution in [3.05, 3.63) is 24.3 Å². The van der Waals surface area contributed by atoms with Gasteiger partial charge in [0.2, 0.25) is 0 Å². The SMILES string of the molecule is NNOC(=O)C1Oc2ccccc2NC1=O. The largest absolute Gasteiger partial charge is 0.466 e. The lowest BCUT2D eigenvalue weighted by Crippen LogP contribution is -2.46. The van der Waals surface area contributed by atoms with E-state index in [0.717, 1.165) is 0 Å². The Morgan fingerprint density at radius 2 is 2.25 bits per heavy atom. The number of amides is 1. The van der Waals surface area contributed by atoms with Crippen LogP contribution in [-0.2, 0) is 14.4 Å². The van der Waals surface area contributed by atoms with Crippen molar-refractivity contribution in [3.8, 4) is 5.75 Å². The summed E-state index contributed by atoms with van der Waals surface area (Å²) in [6.45, 7) is 0. The lowest BCUT2D eigenvalue weighted by molar-refractivity contribution is -0.162. The van der Waals surface area contributed by atoms with Crippen LogP contribution in [0.1, 0.15) is 0 Å². The molecule has 1 aromatic rings. The van der Waals surface area contributed by atoms with E-state index >= 15 is 0 Å². The monoisotopic (exact) mass is 223 g/mol. The molecule has 7 nitrogen and oxygen atoms in total. The molecule has 1 amide bonds. The van der Waals surface area contributed by atoms with Crippen molar-refractivity contribution in [2.75, 3.05) is 5.32 Å². The highest BCUT2D eigenvalue weighted by atomic mass is 16.7. The van der Waals surface area contributed by atoms with Crippen molar-refractivity contribution >= 4 is 17.6 Å². The van der Waals surface area contributed by atoms with Crippen molar-refractivity contribution in [2.24, 2.45) is 5.84 Å². The number of nitrogens with two attached hydrogens (primary N) is 1. The van der Waals surface area contributed by atoms with E-state index in [2.05, 4.69) is 10.2 Å². The van der Waals surface area contributed by atoms with Crippen LogP contribution in [0.4, 0.5) is 5.69 Å². The molecule has 0 spiro atoms. The van der Waals surface area contributed by atoms with Gasteiger partial charge in [0, 0.05) is 0 Å². The lowest BCUT2D eigenvalue weighted by atomic mass is 10.2. The Morgan fingerprint density at radius 1 is 1.50 bits per heavy atom. The number of anilines is 1. The maximum atomic E-state index is 11.5. The van der Waals surface area contributed by atoms with Crippen LogP contribution in [0, 0.1) is 0 Å². The molecule has 1 atom stereocenters. The molecule has 0 fully saturated rings. The smallest absolute Gasteiger partial charge is 0.377 e. The molecule has 0 saturated heterocycles. The number of fused-ring (bicyclic) bond motifs is 1. The van der Waals surface area contributed by atoms with Crippen LogP contribution in [0.25, 0.3) is 0 Å². The first kappa shape index (κ1) is 10.4. The molecule has 1 aliphatic heterocycles. The van der Waals surface area contributed by atoms with Gasteiger partial charge >= 0.3 is 5.97 Å². The third kappa shape index (κ3) is 1.81. The molecule has 1 heterocycles. The van der Waals surface area contributed by atoms with E-state index in [4.69, 9.17) is 10.6 Å². The number of hydrogen-bond acceptors (Lipinski definition) is 6. The highest BCUT2D eigenvalue weighted by Crippen LogP contribution is 2.28. The predicted molar refractivity (Wildman–Crippen MR) is 52.9 cm³/mol. The van der Waals surface area contributed by atoms with Crippen LogP contribution in [-0.4, -0.2) is 18.0 Å². The number of carbonyl (C=O) groups is 2. The number of rotatable bonds is 2. The van der Waals surface area contributed by atoms with Crippen LogP contribution >= 0.6 is 0 Å². The number of para-hydroxylation sites is 2. The molecule has 0 bridgehead atoms. The standard InChI is InChI=1S/C9H9N3O4/c10-12-16-9(14)7-8(13)11-5-3-1-2-4-6(5)15-7/h1-4,7,12H,10H2,(H,11,13). The third-order valence-electron chi connectivity index (χ3n) is 2.00. The molecule has 0 aromatic heterocycles. The Morgan fingerprint density at radius 3 is 3.00 bits per heavy atom. The van der Waals surface area contributed by atoms with E-state index in [1.807, 2.05) is 0 Å². The molecule has 1 aromatic carbocycles. The summed E-state index contributed by atoms with van der Waals surface area (Å²) in [6, 6.07) is 6.75. The molecule has 84 valence electrons. The second kappa shape index (κ2) is 4.17. The van der Waals surface area contributed by atoms with E-state index in [1.165, 1.54) is 0 Å². The summed E-state index contributed by atoms with van der Waals surface area (Å²) in [5.74, 6) is 3.69. The zero-order valence-corrected chi connectivity index (χ0v) is 8.10. The van der Waals surface area contributed by atoms with E-state index in [0.29, 0.717) is 11.4 Å². The van der Waals surface area contributed by atoms with Gasteiger partial charge in [-0.25, -0.2) is 10.6 Å². The summed E-state index contributed by atoms with van der Waals surface area (Å²) in [5.41, 5.74) is 2.21. The average Bonchev–Trinajstić information content (AvgIpc) is 2.28. The van der Waals surface area contributed by atoms with Crippen molar-refractivity contribution in [2.45, 2.75) is 6.10 Å². The van der Waals surface area contributed by atoms with Gasteiger partial charge in [-0.2, -0.15) is 0 Å². The molecule has 0 aliphatic carbocycles. The fraction of sp³-hybridized carbons (Fsp3) is 0.111. The third-order valence-corrected chi connectivity index (χ3v) is 2.00. The van der Waals surface area contributed by atoms with Crippen molar-refractivity contribution < 1.29 is 19.2 Å². The number of hydrazine groups is 1. The molecule has 16 heavy (non-hydrogen) atoms. The predicted octanol–water partition coefficient (Wildman–Crippen LogP) is -0.692. The van der Waals surface area contributed by atoms with Crippen LogP contribution < -0.4 is 21.5 Å². The van der Waals surface area contributed by atoms with Gasteiger partial charge in [-0.05, 0) is 12.1 Å². The van der Waals surface area contributed by atoms with Gasteiger partial charge in [0.25, 0.3) is 12.0 Å². The summed E-state index contributed by atoms with van der Waals surface area (Å²) < 4.78 is 5.18. The molecule has 1 unspecified atom stereocenters. The molecule has 0 saturated carbocycles. The Balaban J connectivity index is 2.21. The minimum absolute atomic E-state index is 0.404. The van der Waals surface area contributed by atoms with Gasteiger partial charge in [-0.1, -0.05) is 17.7 Å². The maximum absolute atomic E-state index is 11.5. The zero-order chi connectivity index (χ0) is 11.5. The summed E-state index contributed by atoms with van der Waals surface area (Å²) in [4.78, 5) is 27.0. The second-order valence-electron chi connectivity index (χ2n) is 3.02. The van der Waals surface area contributed by atoms with Crippen LogP contribution in [0.3, 0.4) is 0 Å². The zero-order valence-electron chi connectivity index (χ0n) is 8.10. The molecule has 4 N–H and O–H groups in total. The van der Waals surface area contributed by atoms with Gasteiger partial charge in [0.15, 0.2) is 0 Å². The van der Waals surface area contributed by atoms with Gasteiger partial charge < -0.3 is 14.9 Å². The van der Waals surface area contributed by atoms with E-state index in [9.17, 15) is 9.59 Å². The van der Waals surface area contributed by atoms with Crippen LogP contribution in [0.2, 0.25) is 0 Å². The highest BCUT2D eigenvalue weighted by Gasteiger charge is 2.35. The summed E-state index contributed by atoms with van der Waals surface area (Å²) >= 11 is 0. The first-order chi connectivity index (χ1) is 7.72. The summed E-state index contributed by atoms with van der Waals surface area (Å²) in [6.07, 6.45) is -1.36. The first-order valence-electron chi connectivity index (χ1n) is 4.45. The number of benzene rings is 1. The van der Waals surface area contributed by atoms with Crippen molar-refractivity contribution in [1.29, 1.82) is 0 Å². The molecular formula is C9H9N3O4. The fourth-order valence-electron chi connectivity index (χ4n) is 1.32. The minimum atomic E-state index is -1.36. The van der Waals surface area contributed by atoms with E-state index < -0.39 is 18.0 Å². The Kier molecular flexibility index (Phi) is 2.71. The lowest BCUT2D eigenvalue weighted by Gasteiger charge is -2.23. The Hall–Kier alpha value is -2.12. The van der Waals surface area contributed by atoms with Gasteiger partial charge in [-0.3, -0.25) is 4.79 Å². The van der Waals surface area contributed by atoms with E-state index in [1.54, 1.807) is 29.9 Å². The molecule has 7 heteroatoms. The topological polar surface area (TPSA) is 103 Å². The molecular weight excluding hydrogens is 214 g/mol. The van der Waals surface area contributed by atoms with E-state index in [-0.39, 0.29) is 0 Å². The summed E-state index contributed by atoms with van der Waals surface area (Å²) in [5, 5.41) is 2.52. The molecule has 0 radical (unpaired) electrons. The minimum Gasteiger partial charge on any atom is -0.466 e. The average molecular weight is 223 g/mol. The normalized spacial score (nSPS) is 18.1. The number of ether oxygens (including phenoxy) is 1. The number of nitrogens with one attached hydrogen (secondary N) is 2. The molecule has 2 rings (SSSR count). The Labute approximate surface area is 90.4 Å². The maximum Gasteiger partial charge on any atom is 0.377 e. The Bertz CT molecular complexity index is 435.